The second-order valence-corrected chi connectivity index (χ2v) is 9.08. The van der Waals surface area contributed by atoms with Crippen LogP contribution < -0.4 is 20.1 Å². The van der Waals surface area contributed by atoms with Crippen LogP contribution in [-0.4, -0.2) is 50.3 Å². The fourth-order valence-corrected chi connectivity index (χ4v) is 5.40. The monoisotopic (exact) mass is 445 g/mol. The maximum Gasteiger partial charge on any atom is 0.262 e. The summed E-state index contributed by atoms with van der Waals surface area (Å²) in [5, 5.41) is 5.41. The summed E-state index contributed by atoms with van der Waals surface area (Å²) in [7, 11) is -3.96. The lowest BCUT2D eigenvalue weighted by atomic mass is 10.2. The van der Waals surface area contributed by atoms with E-state index < -0.39 is 22.0 Å². The zero-order valence-corrected chi connectivity index (χ0v) is 17.8. The third kappa shape index (κ3) is 4.21. The lowest BCUT2D eigenvalue weighted by Crippen LogP contribution is -2.43. The summed E-state index contributed by atoms with van der Waals surface area (Å²) in [6.07, 6.45) is 0.974. The van der Waals surface area contributed by atoms with Crippen molar-refractivity contribution in [2.75, 3.05) is 30.4 Å². The van der Waals surface area contributed by atoms with Gasteiger partial charge in [0.2, 0.25) is 15.9 Å². The molecule has 2 amide bonds. The predicted octanol–water partition coefficient (Wildman–Crippen LogP) is 2.21. The molecule has 2 aromatic rings. The number of hydrogen-bond acceptors (Lipinski definition) is 6. The molecule has 0 aromatic heterocycles. The molecule has 2 heterocycles. The van der Waals surface area contributed by atoms with Crippen LogP contribution in [0.3, 0.4) is 0 Å². The van der Waals surface area contributed by atoms with Crippen LogP contribution in [-0.2, 0) is 19.6 Å². The van der Waals surface area contributed by atoms with Crippen molar-refractivity contribution < 1.29 is 27.5 Å². The predicted molar refractivity (Wildman–Crippen MR) is 114 cm³/mol. The Kier molecular flexibility index (Phi) is 5.84. The molecular weight excluding hydrogens is 422 g/mol. The van der Waals surface area contributed by atoms with Crippen molar-refractivity contribution in [3.8, 4) is 11.5 Å². The molecule has 10 heteroatoms. The van der Waals surface area contributed by atoms with Crippen molar-refractivity contribution >= 4 is 33.2 Å². The zero-order valence-electron chi connectivity index (χ0n) is 17.0. The molecule has 9 nitrogen and oxygen atoms in total. The van der Waals surface area contributed by atoms with Crippen LogP contribution >= 0.6 is 0 Å². The number of anilines is 2. The van der Waals surface area contributed by atoms with E-state index in [-0.39, 0.29) is 24.0 Å². The van der Waals surface area contributed by atoms with Crippen molar-refractivity contribution in [3.05, 3.63) is 42.5 Å². The molecule has 0 spiro atoms. The zero-order chi connectivity index (χ0) is 22.0. The summed E-state index contributed by atoms with van der Waals surface area (Å²) in [6, 6.07) is 10.5. The number of para-hydroxylation sites is 2. The molecule has 164 valence electrons. The van der Waals surface area contributed by atoms with E-state index in [1.807, 2.05) is 6.92 Å². The molecule has 0 aliphatic carbocycles. The Hall–Kier alpha value is -3.11. The molecule has 0 radical (unpaired) electrons. The van der Waals surface area contributed by atoms with Crippen molar-refractivity contribution in [2.24, 2.45) is 0 Å². The first-order valence-corrected chi connectivity index (χ1v) is 11.5. The minimum absolute atomic E-state index is 0.00790. The van der Waals surface area contributed by atoms with E-state index in [0.717, 1.165) is 0 Å². The maximum absolute atomic E-state index is 13.3. The third-order valence-corrected chi connectivity index (χ3v) is 7.05. The SMILES string of the molecule is CCOc1ccccc1NC(=O)[C@@H]1CCCN1S(=O)(=O)c1ccc2c(c1)NC(=O)CO2. The lowest BCUT2D eigenvalue weighted by molar-refractivity contribution is -0.119. The molecule has 2 aromatic carbocycles. The first kappa shape index (κ1) is 21.1. The Morgan fingerprint density at radius 1 is 1.29 bits per heavy atom. The lowest BCUT2D eigenvalue weighted by Gasteiger charge is -2.25. The molecule has 1 saturated heterocycles. The van der Waals surface area contributed by atoms with Gasteiger partial charge in [-0.3, -0.25) is 9.59 Å². The molecule has 2 aliphatic heterocycles. The Bertz CT molecular complexity index is 1120. The van der Waals surface area contributed by atoms with Gasteiger partial charge >= 0.3 is 0 Å². The van der Waals surface area contributed by atoms with Gasteiger partial charge in [0.1, 0.15) is 17.5 Å². The molecule has 1 atom stereocenters. The molecule has 0 bridgehead atoms. The molecule has 2 aliphatic rings. The van der Waals surface area contributed by atoms with Crippen molar-refractivity contribution in [3.63, 3.8) is 0 Å². The highest BCUT2D eigenvalue weighted by atomic mass is 32.2. The summed E-state index contributed by atoms with van der Waals surface area (Å²) in [5.74, 6) is 0.161. The van der Waals surface area contributed by atoms with Gasteiger partial charge in [0.15, 0.2) is 6.61 Å². The number of benzene rings is 2. The quantitative estimate of drug-likeness (QED) is 0.705. The van der Waals surface area contributed by atoms with Crippen LogP contribution in [0.1, 0.15) is 19.8 Å². The Labute approximate surface area is 180 Å². The first-order valence-electron chi connectivity index (χ1n) is 10.0. The van der Waals surface area contributed by atoms with Crippen LogP contribution in [0, 0.1) is 0 Å². The standard InChI is InChI=1S/C21H23N3O6S/c1-2-29-18-8-4-3-6-15(18)23-21(26)17-7-5-11-24(17)31(27,28)14-9-10-19-16(12-14)22-20(25)13-30-19/h3-4,6,8-10,12,17H,2,5,7,11,13H2,1H3,(H,22,25)(H,23,26)/t17-/m0/s1. The van der Waals surface area contributed by atoms with E-state index in [4.69, 9.17) is 9.47 Å². The van der Waals surface area contributed by atoms with Crippen molar-refractivity contribution in [1.29, 1.82) is 0 Å². The van der Waals surface area contributed by atoms with E-state index in [9.17, 15) is 18.0 Å². The molecule has 4 rings (SSSR count). The number of amides is 2. The molecule has 31 heavy (non-hydrogen) atoms. The average Bonchev–Trinajstić information content (AvgIpc) is 3.26. The van der Waals surface area contributed by atoms with Crippen LogP contribution in [0.2, 0.25) is 0 Å². The first-order chi connectivity index (χ1) is 14.9. The number of hydrogen-bond donors (Lipinski definition) is 2. The van der Waals surface area contributed by atoms with Crippen molar-refractivity contribution in [2.45, 2.75) is 30.7 Å². The summed E-state index contributed by atoms with van der Waals surface area (Å²) in [4.78, 5) is 24.6. The Morgan fingerprint density at radius 3 is 2.90 bits per heavy atom. The third-order valence-electron chi connectivity index (χ3n) is 5.14. The number of nitrogens with one attached hydrogen (secondary N) is 2. The fraction of sp³-hybridized carbons (Fsp3) is 0.333. The fourth-order valence-electron chi connectivity index (χ4n) is 3.72. The second-order valence-electron chi connectivity index (χ2n) is 7.19. The molecule has 0 saturated carbocycles. The van der Waals surface area contributed by atoms with E-state index in [0.29, 0.717) is 42.3 Å². The number of carbonyl (C=O) groups excluding carboxylic acids is 2. The Morgan fingerprint density at radius 2 is 2.10 bits per heavy atom. The summed E-state index contributed by atoms with van der Waals surface area (Å²) in [6.45, 7) is 2.40. The van der Waals surface area contributed by atoms with E-state index in [1.165, 1.54) is 22.5 Å². The van der Waals surface area contributed by atoms with Gasteiger partial charge in [-0.2, -0.15) is 4.31 Å². The minimum atomic E-state index is -3.96. The van der Waals surface area contributed by atoms with Gasteiger partial charge in [-0.25, -0.2) is 8.42 Å². The van der Waals surface area contributed by atoms with E-state index in [1.54, 1.807) is 24.3 Å². The van der Waals surface area contributed by atoms with Crippen LogP contribution in [0.5, 0.6) is 11.5 Å². The highest BCUT2D eigenvalue weighted by Gasteiger charge is 2.40. The van der Waals surface area contributed by atoms with Gasteiger partial charge in [-0.1, -0.05) is 12.1 Å². The van der Waals surface area contributed by atoms with Gasteiger partial charge in [0, 0.05) is 6.54 Å². The number of nitrogens with zero attached hydrogens (tertiary/aromatic N) is 1. The van der Waals surface area contributed by atoms with Gasteiger partial charge in [0.05, 0.1) is 22.9 Å². The van der Waals surface area contributed by atoms with Gasteiger partial charge < -0.3 is 20.1 Å². The highest BCUT2D eigenvalue weighted by Crippen LogP contribution is 2.34. The molecule has 1 fully saturated rings. The summed E-state index contributed by atoms with van der Waals surface area (Å²) >= 11 is 0. The number of sulfonamides is 1. The molecule has 0 unspecified atom stereocenters. The summed E-state index contributed by atoms with van der Waals surface area (Å²) in [5.41, 5.74) is 0.787. The second kappa shape index (κ2) is 8.56. The number of fused-ring (bicyclic) bond motifs is 1. The maximum atomic E-state index is 13.3. The normalized spacial score (nSPS) is 18.6. The van der Waals surface area contributed by atoms with Crippen LogP contribution in [0.4, 0.5) is 11.4 Å². The van der Waals surface area contributed by atoms with Crippen LogP contribution in [0.15, 0.2) is 47.4 Å². The van der Waals surface area contributed by atoms with E-state index in [2.05, 4.69) is 10.6 Å². The average molecular weight is 445 g/mol. The molecular formula is C21H23N3O6S. The number of carbonyl (C=O) groups is 2. The number of rotatable bonds is 6. The van der Waals surface area contributed by atoms with Crippen molar-refractivity contribution in [1.82, 2.24) is 4.31 Å². The topological polar surface area (TPSA) is 114 Å². The minimum Gasteiger partial charge on any atom is -0.492 e. The Balaban J connectivity index is 1.57. The largest absolute Gasteiger partial charge is 0.492 e. The smallest absolute Gasteiger partial charge is 0.262 e. The highest BCUT2D eigenvalue weighted by molar-refractivity contribution is 7.89. The van der Waals surface area contributed by atoms with Gasteiger partial charge in [-0.05, 0) is 50.1 Å². The van der Waals surface area contributed by atoms with Gasteiger partial charge in [-0.15, -0.1) is 0 Å². The molecule has 2 N–H and O–H groups in total. The summed E-state index contributed by atoms with van der Waals surface area (Å²) < 4.78 is 38.6. The van der Waals surface area contributed by atoms with E-state index >= 15 is 0 Å². The van der Waals surface area contributed by atoms with Gasteiger partial charge in [0.25, 0.3) is 5.91 Å². The van der Waals surface area contributed by atoms with Crippen LogP contribution in [0.25, 0.3) is 0 Å². The number of ether oxygens (including phenoxy) is 2.